The van der Waals surface area contributed by atoms with Gasteiger partial charge in [-0.1, -0.05) is 13.8 Å². The third-order valence-electron chi connectivity index (χ3n) is 3.17. The van der Waals surface area contributed by atoms with Crippen LogP contribution in [-0.4, -0.2) is 29.1 Å². The zero-order chi connectivity index (χ0) is 15.6. The Hall–Kier alpha value is -1.53. The summed E-state index contributed by atoms with van der Waals surface area (Å²) in [5.41, 5.74) is 0. The van der Waals surface area contributed by atoms with Crippen LogP contribution in [0.5, 0.6) is 0 Å². The van der Waals surface area contributed by atoms with Crippen LogP contribution < -0.4 is 10.2 Å². The molecule has 118 valence electrons. The fourth-order valence-electron chi connectivity index (χ4n) is 2.19. The minimum absolute atomic E-state index is 0.226. The van der Waals surface area contributed by atoms with Crippen molar-refractivity contribution in [3.8, 4) is 0 Å². The maximum absolute atomic E-state index is 13.0. The molecule has 1 aliphatic carbocycles. The van der Waals surface area contributed by atoms with Crippen molar-refractivity contribution in [1.82, 2.24) is 9.97 Å². The Morgan fingerprint density at radius 3 is 2.48 bits per heavy atom. The van der Waals surface area contributed by atoms with Crippen molar-refractivity contribution < 1.29 is 13.2 Å². The average Bonchev–Trinajstić information content (AvgIpc) is 3.19. The van der Waals surface area contributed by atoms with E-state index in [9.17, 15) is 13.2 Å². The first-order valence-electron chi connectivity index (χ1n) is 7.28. The molecular formula is C14H21F3N4. The van der Waals surface area contributed by atoms with Crippen LogP contribution in [0.1, 0.15) is 39.4 Å². The Balaban J connectivity index is 2.37. The highest BCUT2D eigenvalue weighted by Gasteiger charge is 2.37. The molecule has 1 aromatic heterocycles. The summed E-state index contributed by atoms with van der Waals surface area (Å²) in [6.07, 6.45) is -2.52. The van der Waals surface area contributed by atoms with E-state index in [2.05, 4.69) is 15.3 Å². The van der Waals surface area contributed by atoms with Gasteiger partial charge in [0.1, 0.15) is 11.6 Å². The molecule has 7 heteroatoms. The summed E-state index contributed by atoms with van der Waals surface area (Å²) < 4.78 is 38.9. The van der Waals surface area contributed by atoms with E-state index in [-0.39, 0.29) is 5.82 Å². The first kappa shape index (κ1) is 15.9. The predicted molar refractivity (Wildman–Crippen MR) is 76.4 cm³/mol. The van der Waals surface area contributed by atoms with Gasteiger partial charge >= 0.3 is 6.18 Å². The summed E-state index contributed by atoms with van der Waals surface area (Å²) in [5.74, 6) is -0.128. The number of hydrogen-bond donors (Lipinski definition) is 1. The van der Waals surface area contributed by atoms with Crippen molar-refractivity contribution in [2.24, 2.45) is 5.92 Å². The molecule has 0 unspecified atom stereocenters. The lowest BCUT2D eigenvalue weighted by Crippen LogP contribution is -2.31. The molecule has 0 aliphatic heterocycles. The van der Waals surface area contributed by atoms with Gasteiger partial charge < -0.3 is 10.2 Å². The number of hydrogen-bond acceptors (Lipinski definition) is 4. The number of halogens is 3. The van der Waals surface area contributed by atoms with E-state index < -0.39 is 12.0 Å². The molecule has 0 spiro atoms. The van der Waals surface area contributed by atoms with Crippen molar-refractivity contribution in [2.45, 2.75) is 45.8 Å². The second-order valence-electron chi connectivity index (χ2n) is 5.74. The smallest absolute Gasteiger partial charge is 0.370 e. The Bertz CT molecular complexity index is 484. The second-order valence-corrected chi connectivity index (χ2v) is 5.74. The third kappa shape index (κ3) is 4.22. The Morgan fingerprint density at radius 1 is 1.33 bits per heavy atom. The lowest BCUT2D eigenvalue weighted by atomic mass is 10.2. The molecule has 0 atom stereocenters. The van der Waals surface area contributed by atoms with Crippen LogP contribution in [0, 0.1) is 5.92 Å². The highest BCUT2D eigenvalue weighted by molar-refractivity contribution is 5.51. The summed E-state index contributed by atoms with van der Waals surface area (Å²) in [5, 5.41) is 2.85. The van der Waals surface area contributed by atoms with Crippen LogP contribution in [0.4, 0.5) is 24.8 Å². The average molecular weight is 302 g/mol. The summed E-state index contributed by atoms with van der Waals surface area (Å²) in [6.45, 7) is 7.13. The predicted octanol–water partition coefficient (Wildman–Crippen LogP) is 3.55. The molecule has 1 aromatic rings. The van der Waals surface area contributed by atoms with Crippen LogP contribution in [0.3, 0.4) is 0 Å². The quantitative estimate of drug-likeness (QED) is 0.872. The van der Waals surface area contributed by atoms with Crippen molar-refractivity contribution in [1.29, 1.82) is 0 Å². The number of nitrogens with zero attached hydrogens (tertiary/aromatic N) is 3. The lowest BCUT2D eigenvalue weighted by Gasteiger charge is -2.26. The van der Waals surface area contributed by atoms with Gasteiger partial charge in [0.25, 0.3) is 0 Å². The summed E-state index contributed by atoms with van der Waals surface area (Å²) >= 11 is 0. The number of anilines is 2. The van der Waals surface area contributed by atoms with Crippen LogP contribution >= 0.6 is 0 Å². The molecule has 1 saturated carbocycles. The summed E-state index contributed by atoms with van der Waals surface area (Å²) in [6, 6.07) is 1.91. The maximum atomic E-state index is 13.0. The van der Waals surface area contributed by atoms with Gasteiger partial charge in [0, 0.05) is 25.2 Å². The van der Waals surface area contributed by atoms with Gasteiger partial charge in [-0.15, -0.1) is 0 Å². The fourth-order valence-corrected chi connectivity index (χ4v) is 2.19. The number of rotatable bonds is 6. The molecule has 1 aliphatic rings. The molecule has 0 saturated heterocycles. The Labute approximate surface area is 122 Å². The molecule has 0 aromatic carbocycles. The van der Waals surface area contributed by atoms with Crippen molar-refractivity contribution in [3.63, 3.8) is 0 Å². The lowest BCUT2D eigenvalue weighted by molar-refractivity contribution is -0.144. The molecule has 21 heavy (non-hydrogen) atoms. The Morgan fingerprint density at radius 2 is 2.00 bits per heavy atom. The molecule has 4 nitrogen and oxygen atoms in total. The second kappa shape index (κ2) is 6.07. The van der Waals surface area contributed by atoms with Crippen LogP contribution in [0.25, 0.3) is 0 Å². The van der Waals surface area contributed by atoms with Gasteiger partial charge in [0.2, 0.25) is 5.82 Å². The number of aromatic nitrogens is 2. The van der Waals surface area contributed by atoms with E-state index in [0.717, 1.165) is 12.8 Å². The normalized spacial score (nSPS) is 15.4. The molecule has 0 bridgehead atoms. The van der Waals surface area contributed by atoms with Gasteiger partial charge in [0.05, 0.1) is 0 Å². The van der Waals surface area contributed by atoms with Gasteiger partial charge in [0.15, 0.2) is 0 Å². The molecule has 1 N–H and O–H groups in total. The fraction of sp³-hybridized carbons (Fsp3) is 0.714. The highest BCUT2D eigenvalue weighted by atomic mass is 19.4. The first-order chi connectivity index (χ1) is 9.81. The van der Waals surface area contributed by atoms with E-state index in [1.807, 2.05) is 25.7 Å². The van der Waals surface area contributed by atoms with Crippen molar-refractivity contribution in [3.05, 3.63) is 11.9 Å². The molecule has 0 radical (unpaired) electrons. The van der Waals surface area contributed by atoms with E-state index >= 15 is 0 Å². The van der Waals surface area contributed by atoms with Gasteiger partial charge in [-0.3, -0.25) is 0 Å². The van der Waals surface area contributed by atoms with E-state index in [4.69, 9.17) is 0 Å². The zero-order valence-corrected chi connectivity index (χ0v) is 12.5. The van der Waals surface area contributed by atoms with Crippen LogP contribution in [0.2, 0.25) is 0 Å². The molecule has 0 amide bonds. The van der Waals surface area contributed by atoms with Gasteiger partial charge in [-0.2, -0.15) is 13.2 Å². The van der Waals surface area contributed by atoms with Gasteiger partial charge in [-0.25, -0.2) is 9.97 Å². The highest BCUT2D eigenvalue weighted by Crippen LogP contribution is 2.34. The minimum Gasteiger partial charge on any atom is -0.370 e. The minimum atomic E-state index is -4.53. The van der Waals surface area contributed by atoms with E-state index in [1.54, 1.807) is 6.07 Å². The number of nitrogens with one attached hydrogen (secondary N) is 1. The van der Waals surface area contributed by atoms with E-state index in [0.29, 0.717) is 30.9 Å². The molecular weight excluding hydrogens is 281 g/mol. The molecule has 1 heterocycles. The topological polar surface area (TPSA) is 41.0 Å². The van der Waals surface area contributed by atoms with Crippen molar-refractivity contribution >= 4 is 11.6 Å². The monoisotopic (exact) mass is 302 g/mol. The Kier molecular flexibility index (Phi) is 4.58. The standard InChI is InChI=1S/C14H21F3N4/c1-4-18-11-7-12(20-13(19-11)14(15,16)17)21(8-9(2)3)10-5-6-10/h7,9-10H,4-6,8H2,1-3H3,(H,18,19,20). The molecule has 2 rings (SSSR count). The first-order valence-corrected chi connectivity index (χ1v) is 7.28. The van der Waals surface area contributed by atoms with Crippen LogP contribution in [0.15, 0.2) is 6.07 Å². The number of alkyl halides is 3. The largest absolute Gasteiger partial charge is 0.451 e. The third-order valence-corrected chi connectivity index (χ3v) is 3.17. The van der Waals surface area contributed by atoms with Crippen molar-refractivity contribution in [2.75, 3.05) is 23.3 Å². The maximum Gasteiger partial charge on any atom is 0.451 e. The SMILES string of the molecule is CCNc1cc(N(CC(C)C)C2CC2)nc(C(F)(F)F)n1. The van der Waals surface area contributed by atoms with Gasteiger partial charge in [-0.05, 0) is 25.7 Å². The zero-order valence-electron chi connectivity index (χ0n) is 12.5. The summed E-state index contributed by atoms with van der Waals surface area (Å²) in [7, 11) is 0. The van der Waals surface area contributed by atoms with Crippen LogP contribution in [-0.2, 0) is 6.18 Å². The van der Waals surface area contributed by atoms with E-state index in [1.165, 1.54) is 0 Å². The molecule has 1 fully saturated rings. The summed E-state index contributed by atoms with van der Waals surface area (Å²) in [4.78, 5) is 9.29.